The van der Waals surface area contributed by atoms with Crippen molar-refractivity contribution in [1.82, 2.24) is 4.90 Å². The second-order valence-corrected chi connectivity index (χ2v) is 7.50. The molecule has 0 bridgehead atoms. The van der Waals surface area contributed by atoms with E-state index in [2.05, 4.69) is 0 Å². The second kappa shape index (κ2) is 7.06. The van der Waals surface area contributed by atoms with E-state index in [-0.39, 0.29) is 18.4 Å². The van der Waals surface area contributed by atoms with E-state index in [4.69, 9.17) is 20.9 Å². The standard InChI is InChI=1S/C22H17ClN2O4/c23-15-8-10-16(11-9-15)25-19(17-7-4-12-28-17)18-20(29-25)22(27)24(21(18)26)13-14-5-2-1-3-6-14/h1-12,18-20H,13H2/t18-,19+,20-/m0/s1. The molecule has 0 N–H and O–H groups in total. The molecule has 0 unspecified atom stereocenters. The van der Waals surface area contributed by atoms with E-state index in [9.17, 15) is 9.59 Å². The van der Waals surface area contributed by atoms with Crippen LogP contribution >= 0.6 is 11.6 Å². The Hall–Kier alpha value is -3.09. The van der Waals surface area contributed by atoms with Crippen LogP contribution in [0.5, 0.6) is 0 Å². The summed E-state index contributed by atoms with van der Waals surface area (Å²) in [5.74, 6) is -0.721. The van der Waals surface area contributed by atoms with E-state index < -0.39 is 18.1 Å². The fourth-order valence-electron chi connectivity index (χ4n) is 3.95. The summed E-state index contributed by atoms with van der Waals surface area (Å²) in [6, 6.07) is 19.5. The minimum atomic E-state index is -0.892. The lowest BCUT2D eigenvalue weighted by Crippen LogP contribution is -2.36. The molecule has 3 heterocycles. The van der Waals surface area contributed by atoms with E-state index in [1.54, 1.807) is 47.7 Å². The van der Waals surface area contributed by atoms with Crippen LogP contribution in [0.15, 0.2) is 77.4 Å². The first-order valence-corrected chi connectivity index (χ1v) is 9.65. The van der Waals surface area contributed by atoms with Gasteiger partial charge in [-0.25, -0.2) is 5.06 Å². The van der Waals surface area contributed by atoms with E-state index in [1.165, 1.54) is 4.90 Å². The quantitative estimate of drug-likeness (QED) is 0.611. The Morgan fingerprint density at radius 2 is 1.66 bits per heavy atom. The molecular weight excluding hydrogens is 392 g/mol. The average Bonchev–Trinajstić information content (AvgIpc) is 3.44. The minimum Gasteiger partial charge on any atom is -0.467 e. The summed E-state index contributed by atoms with van der Waals surface area (Å²) in [6.07, 6.45) is 0.656. The van der Waals surface area contributed by atoms with E-state index in [0.717, 1.165) is 5.56 Å². The van der Waals surface area contributed by atoms with Crippen molar-refractivity contribution in [2.75, 3.05) is 5.06 Å². The van der Waals surface area contributed by atoms with Crippen molar-refractivity contribution < 1.29 is 18.8 Å². The van der Waals surface area contributed by atoms with Crippen molar-refractivity contribution in [3.63, 3.8) is 0 Å². The van der Waals surface area contributed by atoms with Gasteiger partial charge >= 0.3 is 0 Å². The predicted molar refractivity (Wildman–Crippen MR) is 106 cm³/mol. The highest BCUT2D eigenvalue weighted by atomic mass is 35.5. The Morgan fingerprint density at radius 3 is 2.34 bits per heavy atom. The molecule has 0 aliphatic carbocycles. The molecule has 0 spiro atoms. The number of likely N-dealkylation sites (tertiary alicyclic amines) is 1. The molecule has 2 saturated heterocycles. The lowest BCUT2D eigenvalue weighted by Gasteiger charge is -2.27. The zero-order valence-corrected chi connectivity index (χ0v) is 16.0. The Morgan fingerprint density at radius 1 is 0.897 bits per heavy atom. The summed E-state index contributed by atoms with van der Waals surface area (Å²) < 4.78 is 5.61. The van der Waals surface area contributed by atoms with E-state index in [0.29, 0.717) is 16.5 Å². The number of hydrogen-bond donors (Lipinski definition) is 0. The van der Waals surface area contributed by atoms with Gasteiger partial charge in [0.1, 0.15) is 17.7 Å². The van der Waals surface area contributed by atoms with Crippen LogP contribution in [0.1, 0.15) is 17.4 Å². The zero-order chi connectivity index (χ0) is 20.0. The maximum Gasteiger partial charge on any atom is 0.262 e. The van der Waals surface area contributed by atoms with Gasteiger partial charge in [-0.2, -0.15) is 0 Å². The molecule has 1 aromatic heterocycles. The lowest BCUT2D eigenvalue weighted by molar-refractivity contribution is -0.143. The number of rotatable bonds is 4. The number of amides is 2. The number of hydroxylamine groups is 1. The van der Waals surface area contributed by atoms with Crippen LogP contribution < -0.4 is 5.06 Å². The van der Waals surface area contributed by atoms with Gasteiger partial charge in [-0.3, -0.25) is 19.3 Å². The Labute approximate surface area is 172 Å². The molecule has 5 rings (SSSR count). The highest BCUT2D eigenvalue weighted by Crippen LogP contribution is 2.47. The van der Waals surface area contributed by atoms with Gasteiger partial charge in [0.05, 0.1) is 18.5 Å². The average molecular weight is 409 g/mol. The number of fused-ring (bicyclic) bond motifs is 1. The number of nitrogens with zero attached hydrogens (tertiary/aromatic N) is 2. The van der Waals surface area contributed by atoms with E-state index in [1.807, 2.05) is 30.3 Å². The molecule has 146 valence electrons. The molecular formula is C22H17ClN2O4. The van der Waals surface area contributed by atoms with Gasteiger partial charge in [0.15, 0.2) is 6.10 Å². The second-order valence-electron chi connectivity index (χ2n) is 7.06. The summed E-state index contributed by atoms with van der Waals surface area (Å²) in [7, 11) is 0. The van der Waals surface area contributed by atoms with Crippen molar-refractivity contribution in [1.29, 1.82) is 0 Å². The third-order valence-corrected chi connectivity index (χ3v) is 5.56. The molecule has 2 fully saturated rings. The van der Waals surface area contributed by atoms with Crippen LogP contribution in [0.4, 0.5) is 5.69 Å². The van der Waals surface area contributed by atoms with Gasteiger partial charge < -0.3 is 4.42 Å². The van der Waals surface area contributed by atoms with Crippen LogP contribution in [0.25, 0.3) is 0 Å². The first-order valence-electron chi connectivity index (χ1n) is 9.27. The van der Waals surface area contributed by atoms with Gasteiger partial charge in [0, 0.05) is 5.02 Å². The molecule has 29 heavy (non-hydrogen) atoms. The van der Waals surface area contributed by atoms with Crippen LogP contribution in [0, 0.1) is 5.92 Å². The normalized spacial score (nSPS) is 23.7. The highest BCUT2D eigenvalue weighted by molar-refractivity contribution is 6.30. The van der Waals surface area contributed by atoms with Gasteiger partial charge in [0.25, 0.3) is 5.91 Å². The van der Waals surface area contributed by atoms with Crippen LogP contribution in [-0.4, -0.2) is 22.8 Å². The number of imide groups is 1. The summed E-state index contributed by atoms with van der Waals surface area (Å²) in [4.78, 5) is 33.6. The molecule has 7 heteroatoms. The zero-order valence-electron chi connectivity index (χ0n) is 15.3. The maximum absolute atomic E-state index is 13.3. The minimum absolute atomic E-state index is 0.223. The van der Waals surface area contributed by atoms with Gasteiger partial charge in [-0.05, 0) is 42.0 Å². The van der Waals surface area contributed by atoms with Crippen molar-refractivity contribution in [2.24, 2.45) is 5.92 Å². The van der Waals surface area contributed by atoms with E-state index >= 15 is 0 Å². The number of benzene rings is 2. The third-order valence-electron chi connectivity index (χ3n) is 5.31. The molecule has 2 aromatic carbocycles. The summed E-state index contributed by atoms with van der Waals surface area (Å²) in [5, 5.41) is 2.17. The third kappa shape index (κ3) is 3.01. The van der Waals surface area contributed by atoms with Crippen LogP contribution in [-0.2, 0) is 21.0 Å². The number of carbonyl (C=O) groups is 2. The van der Waals surface area contributed by atoms with Gasteiger partial charge in [0.2, 0.25) is 5.91 Å². The topological polar surface area (TPSA) is 63.0 Å². The molecule has 3 atom stereocenters. The SMILES string of the molecule is O=C1[C@@H]2[C@H](ON(c3ccc(Cl)cc3)[C@@H]2c2ccco2)C(=O)N1Cc1ccccc1. The Balaban J connectivity index is 1.50. The largest absolute Gasteiger partial charge is 0.467 e. The number of anilines is 1. The smallest absolute Gasteiger partial charge is 0.262 e. The van der Waals surface area contributed by atoms with Gasteiger partial charge in [-0.1, -0.05) is 41.9 Å². The molecule has 2 aliphatic rings. The first-order chi connectivity index (χ1) is 14.1. The first kappa shape index (κ1) is 18.0. The summed E-state index contributed by atoms with van der Waals surface area (Å²) in [5.41, 5.74) is 1.58. The summed E-state index contributed by atoms with van der Waals surface area (Å²) in [6.45, 7) is 0.223. The Kier molecular flexibility index (Phi) is 4.38. The number of carbonyl (C=O) groups excluding carboxylic acids is 2. The van der Waals surface area contributed by atoms with Crippen LogP contribution in [0.2, 0.25) is 5.02 Å². The fraction of sp³-hybridized carbons (Fsp3) is 0.182. The number of halogens is 1. The highest BCUT2D eigenvalue weighted by Gasteiger charge is 2.60. The molecule has 2 amide bonds. The molecule has 6 nitrogen and oxygen atoms in total. The predicted octanol–water partition coefficient (Wildman–Crippen LogP) is 3.98. The number of furan rings is 1. The number of hydrogen-bond acceptors (Lipinski definition) is 5. The lowest BCUT2D eigenvalue weighted by atomic mass is 9.94. The van der Waals surface area contributed by atoms with Gasteiger partial charge in [-0.15, -0.1) is 0 Å². The molecule has 0 radical (unpaired) electrons. The Bertz CT molecular complexity index is 1040. The molecule has 0 saturated carbocycles. The monoisotopic (exact) mass is 408 g/mol. The van der Waals surface area contributed by atoms with Crippen molar-refractivity contribution >= 4 is 29.1 Å². The van der Waals surface area contributed by atoms with Crippen LogP contribution in [0.3, 0.4) is 0 Å². The summed E-state index contributed by atoms with van der Waals surface area (Å²) >= 11 is 6.00. The van der Waals surface area contributed by atoms with Crippen molar-refractivity contribution in [3.05, 3.63) is 89.3 Å². The fourth-order valence-corrected chi connectivity index (χ4v) is 4.08. The van der Waals surface area contributed by atoms with Crippen molar-refractivity contribution in [3.8, 4) is 0 Å². The molecule has 2 aliphatic heterocycles. The van der Waals surface area contributed by atoms with Crippen molar-refractivity contribution in [2.45, 2.75) is 18.7 Å². The molecule has 3 aromatic rings. The maximum atomic E-state index is 13.3.